The molecule has 17 heavy (non-hydrogen) atoms. The molecule has 5 heteroatoms. The van der Waals surface area contributed by atoms with Crippen LogP contribution < -0.4 is 5.56 Å². The average molecular weight is 236 g/mol. The van der Waals surface area contributed by atoms with Gasteiger partial charge in [0.15, 0.2) is 0 Å². The van der Waals surface area contributed by atoms with Crippen molar-refractivity contribution in [2.45, 2.75) is 19.4 Å². The van der Waals surface area contributed by atoms with Gasteiger partial charge in [0, 0.05) is 36.8 Å². The van der Waals surface area contributed by atoms with Crippen LogP contribution in [0, 0.1) is 5.92 Å². The molecular formula is C12H16N2O3. The van der Waals surface area contributed by atoms with Crippen LogP contribution in [-0.2, 0) is 0 Å². The van der Waals surface area contributed by atoms with Gasteiger partial charge in [-0.1, -0.05) is 0 Å². The van der Waals surface area contributed by atoms with Gasteiger partial charge < -0.3 is 15.0 Å². The lowest BCUT2D eigenvalue weighted by Crippen LogP contribution is -2.31. The minimum atomic E-state index is -0.396. The highest BCUT2D eigenvalue weighted by molar-refractivity contribution is 5.94. The molecule has 0 radical (unpaired) electrons. The van der Waals surface area contributed by atoms with Crippen molar-refractivity contribution in [1.82, 2.24) is 9.88 Å². The van der Waals surface area contributed by atoms with Crippen molar-refractivity contribution in [3.63, 3.8) is 0 Å². The topological polar surface area (TPSA) is 73.4 Å². The Kier molecular flexibility index (Phi) is 3.28. The minimum Gasteiger partial charge on any atom is -0.393 e. The predicted molar refractivity (Wildman–Crippen MR) is 62.8 cm³/mol. The maximum atomic E-state index is 12.1. The fourth-order valence-electron chi connectivity index (χ4n) is 2.13. The van der Waals surface area contributed by atoms with Crippen molar-refractivity contribution in [2.75, 3.05) is 13.1 Å². The van der Waals surface area contributed by atoms with Crippen molar-refractivity contribution in [1.29, 1.82) is 0 Å². The standard InChI is InChI=1S/C12H16N2O3/c1-8(15)10-3-5-14(7-10)12(17)9-2-4-13-11(16)6-9/h2,4,6,8,10,15H,3,5,7H2,1H3,(H,13,16). The zero-order chi connectivity index (χ0) is 12.4. The number of nitrogens with zero attached hydrogens (tertiary/aromatic N) is 1. The number of hydrogen-bond acceptors (Lipinski definition) is 3. The number of H-pyrrole nitrogens is 1. The Hall–Kier alpha value is -1.62. The third-order valence-electron chi connectivity index (χ3n) is 3.22. The zero-order valence-corrected chi connectivity index (χ0v) is 9.72. The summed E-state index contributed by atoms with van der Waals surface area (Å²) in [4.78, 5) is 27.3. The molecule has 0 aromatic carbocycles. The normalized spacial score (nSPS) is 21.5. The molecule has 1 aromatic rings. The van der Waals surface area contributed by atoms with Crippen LogP contribution in [0.4, 0.5) is 0 Å². The third kappa shape index (κ3) is 2.55. The van der Waals surface area contributed by atoms with Crippen molar-refractivity contribution >= 4 is 5.91 Å². The molecule has 0 spiro atoms. The zero-order valence-electron chi connectivity index (χ0n) is 9.72. The number of nitrogens with one attached hydrogen (secondary N) is 1. The first kappa shape index (κ1) is 11.9. The van der Waals surface area contributed by atoms with Gasteiger partial charge >= 0.3 is 0 Å². The molecule has 0 saturated carbocycles. The van der Waals surface area contributed by atoms with E-state index in [1.54, 1.807) is 17.9 Å². The first-order chi connectivity index (χ1) is 8.08. The highest BCUT2D eigenvalue weighted by atomic mass is 16.3. The number of aliphatic hydroxyl groups is 1. The van der Waals surface area contributed by atoms with Crippen LogP contribution in [-0.4, -0.2) is 40.1 Å². The number of aromatic nitrogens is 1. The Labute approximate surface area is 99.1 Å². The number of carbonyl (C=O) groups excluding carboxylic acids is 1. The molecule has 1 aliphatic rings. The minimum absolute atomic E-state index is 0.140. The number of likely N-dealkylation sites (tertiary alicyclic amines) is 1. The molecule has 5 nitrogen and oxygen atoms in total. The van der Waals surface area contributed by atoms with E-state index < -0.39 is 6.10 Å². The van der Waals surface area contributed by atoms with Crippen molar-refractivity contribution in [3.05, 3.63) is 34.2 Å². The van der Waals surface area contributed by atoms with Gasteiger partial charge in [-0.3, -0.25) is 9.59 Å². The van der Waals surface area contributed by atoms with Gasteiger partial charge in [0.25, 0.3) is 5.91 Å². The van der Waals surface area contributed by atoms with E-state index in [0.29, 0.717) is 18.7 Å². The van der Waals surface area contributed by atoms with E-state index in [2.05, 4.69) is 4.98 Å². The molecular weight excluding hydrogens is 220 g/mol. The molecule has 2 atom stereocenters. The van der Waals surface area contributed by atoms with E-state index in [9.17, 15) is 14.7 Å². The first-order valence-corrected chi connectivity index (χ1v) is 5.74. The summed E-state index contributed by atoms with van der Waals surface area (Å²) in [5.74, 6) is 0.000182. The highest BCUT2D eigenvalue weighted by Gasteiger charge is 2.29. The first-order valence-electron chi connectivity index (χ1n) is 5.74. The molecule has 0 aliphatic carbocycles. The summed E-state index contributed by atoms with van der Waals surface area (Å²) in [6.07, 6.45) is 1.89. The Morgan fingerprint density at radius 3 is 3.00 bits per heavy atom. The lowest BCUT2D eigenvalue weighted by molar-refractivity contribution is 0.0762. The average Bonchev–Trinajstić information content (AvgIpc) is 2.77. The molecule has 1 fully saturated rings. The third-order valence-corrected chi connectivity index (χ3v) is 3.22. The quantitative estimate of drug-likeness (QED) is 0.771. The molecule has 92 valence electrons. The largest absolute Gasteiger partial charge is 0.393 e. The van der Waals surface area contributed by atoms with Gasteiger partial charge in [0.2, 0.25) is 5.56 Å². The van der Waals surface area contributed by atoms with Gasteiger partial charge in [-0.15, -0.1) is 0 Å². The van der Waals surface area contributed by atoms with E-state index in [4.69, 9.17) is 0 Å². The van der Waals surface area contributed by atoms with Gasteiger partial charge in [-0.05, 0) is 19.4 Å². The number of aliphatic hydroxyl groups excluding tert-OH is 1. The van der Waals surface area contributed by atoms with E-state index in [0.717, 1.165) is 6.42 Å². The molecule has 1 aliphatic heterocycles. The van der Waals surface area contributed by atoms with Gasteiger partial charge in [-0.2, -0.15) is 0 Å². The van der Waals surface area contributed by atoms with E-state index in [1.165, 1.54) is 12.3 Å². The number of aromatic amines is 1. The summed E-state index contributed by atoms with van der Waals surface area (Å²) in [5.41, 5.74) is 0.127. The fraction of sp³-hybridized carbons (Fsp3) is 0.500. The molecule has 1 saturated heterocycles. The second-order valence-electron chi connectivity index (χ2n) is 4.48. The maximum absolute atomic E-state index is 12.1. The number of carbonyl (C=O) groups is 1. The number of pyridine rings is 1. The van der Waals surface area contributed by atoms with E-state index >= 15 is 0 Å². The smallest absolute Gasteiger partial charge is 0.254 e. The molecule has 1 amide bonds. The summed E-state index contributed by atoms with van der Waals surface area (Å²) in [5, 5.41) is 9.47. The summed E-state index contributed by atoms with van der Waals surface area (Å²) < 4.78 is 0. The SMILES string of the molecule is CC(O)C1CCN(C(=O)c2cc[nH]c(=O)c2)C1. The summed E-state index contributed by atoms with van der Waals surface area (Å²) in [6.45, 7) is 2.94. The Bertz CT molecular complexity index is 467. The lowest BCUT2D eigenvalue weighted by Gasteiger charge is -2.17. The molecule has 2 heterocycles. The van der Waals surface area contributed by atoms with Crippen molar-refractivity contribution < 1.29 is 9.90 Å². The molecule has 2 unspecified atom stereocenters. The van der Waals surface area contributed by atoms with Crippen molar-refractivity contribution in [3.8, 4) is 0 Å². The van der Waals surface area contributed by atoms with Gasteiger partial charge in [-0.25, -0.2) is 0 Å². The number of amides is 1. The van der Waals surface area contributed by atoms with Crippen LogP contribution in [0.3, 0.4) is 0 Å². The van der Waals surface area contributed by atoms with Crippen LogP contribution >= 0.6 is 0 Å². The van der Waals surface area contributed by atoms with Crippen LogP contribution in [0.1, 0.15) is 23.7 Å². The van der Waals surface area contributed by atoms with Crippen LogP contribution in [0.25, 0.3) is 0 Å². The van der Waals surface area contributed by atoms with Gasteiger partial charge in [0.05, 0.1) is 6.10 Å². The predicted octanol–water partition coefficient (Wildman–Crippen LogP) is 0.218. The Morgan fingerprint density at radius 1 is 1.65 bits per heavy atom. The monoisotopic (exact) mass is 236 g/mol. The van der Waals surface area contributed by atoms with Crippen LogP contribution in [0.2, 0.25) is 0 Å². The summed E-state index contributed by atoms with van der Waals surface area (Å²) in [6, 6.07) is 2.90. The van der Waals surface area contributed by atoms with E-state index in [-0.39, 0.29) is 17.4 Å². The fourth-order valence-corrected chi connectivity index (χ4v) is 2.13. The Balaban J connectivity index is 2.10. The highest BCUT2D eigenvalue weighted by Crippen LogP contribution is 2.21. The van der Waals surface area contributed by atoms with E-state index in [1.807, 2.05) is 0 Å². The van der Waals surface area contributed by atoms with Crippen LogP contribution in [0.15, 0.2) is 23.1 Å². The summed E-state index contributed by atoms with van der Waals surface area (Å²) in [7, 11) is 0. The maximum Gasteiger partial charge on any atom is 0.254 e. The second kappa shape index (κ2) is 4.71. The molecule has 2 N–H and O–H groups in total. The molecule has 0 bridgehead atoms. The lowest BCUT2D eigenvalue weighted by atomic mass is 10.0. The molecule has 2 rings (SSSR count). The van der Waals surface area contributed by atoms with Crippen LogP contribution in [0.5, 0.6) is 0 Å². The molecule has 1 aromatic heterocycles. The van der Waals surface area contributed by atoms with Crippen molar-refractivity contribution in [2.24, 2.45) is 5.92 Å². The second-order valence-corrected chi connectivity index (χ2v) is 4.48. The summed E-state index contributed by atoms with van der Waals surface area (Å²) >= 11 is 0. The number of hydrogen-bond donors (Lipinski definition) is 2. The Morgan fingerprint density at radius 2 is 2.41 bits per heavy atom. The van der Waals surface area contributed by atoms with Gasteiger partial charge in [0.1, 0.15) is 0 Å². The number of rotatable bonds is 2.